The summed E-state index contributed by atoms with van der Waals surface area (Å²) in [6, 6.07) is -0.790. The molecule has 17 heavy (non-hydrogen) atoms. The average Bonchev–Trinajstić information content (AvgIpc) is 2.83. The molecule has 0 bridgehead atoms. The Labute approximate surface area is 104 Å². The summed E-state index contributed by atoms with van der Waals surface area (Å²) < 4.78 is 0. The van der Waals surface area contributed by atoms with Crippen LogP contribution < -0.4 is 10.6 Å². The van der Waals surface area contributed by atoms with Gasteiger partial charge in [-0.25, -0.2) is 4.98 Å². The first-order valence-corrected chi connectivity index (χ1v) is 6.40. The minimum absolute atomic E-state index is 0.418. The summed E-state index contributed by atoms with van der Waals surface area (Å²) in [6.45, 7) is 3.84. The molecule has 1 fully saturated rings. The Kier molecular flexibility index (Phi) is 3.93. The van der Waals surface area contributed by atoms with Gasteiger partial charge in [0.05, 0.1) is 0 Å². The molecule has 3 N–H and O–H groups in total. The van der Waals surface area contributed by atoms with E-state index in [-0.39, 0.29) is 0 Å². The summed E-state index contributed by atoms with van der Waals surface area (Å²) in [5, 5.41) is 11.7. The van der Waals surface area contributed by atoms with Crippen molar-refractivity contribution < 1.29 is 9.90 Å². The molecule has 1 aliphatic heterocycles. The lowest BCUT2D eigenvalue weighted by Crippen LogP contribution is -2.51. The lowest BCUT2D eigenvalue weighted by molar-refractivity contribution is -0.139. The Balaban J connectivity index is 1.80. The number of aliphatic carboxylic acids is 1. The summed E-state index contributed by atoms with van der Waals surface area (Å²) in [7, 11) is 0. The number of nitrogens with zero attached hydrogens (tertiary/aromatic N) is 3. The number of rotatable bonds is 4. The fraction of sp³-hybridized carbons (Fsp3) is 0.600. The largest absolute Gasteiger partial charge is 0.480 e. The number of carboxylic acids is 1. The van der Waals surface area contributed by atoms with E-state index in [1.165, 1.54) is 0 Å². The van der Waals surface area contributed by atoms with Gasteiger partial charge in [-0.05, 0) is 0 Å². The van der Waals surface area contributed by atoms with E-state index in [0.717, 1.165) is 31.3 Å². The number of nitrogens with two attached hydrogens (primary N) is 1. The molecule has 1 aromatic rings. The van der Waals surface area contributed by atoms with E-state index in [1.807, 2.05) is 5.38 Å². The van der Waals surface area contributed by atoms with Crippen molar-refractivity contribution in [2.24, 2.45) is 5.73 Å². The van der Waals surface area contributed by atoms with Crippen LogP contribution in [-0.2, 0) is 4.79 Å². The van der Waals surface area contributed by atoms with Crippen LogP contribution in [0.2, 0.25) is 0 Å². The van der Waals surface area contributed by atoms with Gasteiger partial charge in [-0.1, -0.05) is 0 Å². The molecular formula is C10H16N4O2S. The highest BCUT2D eigenvalue weighted by molar-refractivity contribution is 7.13. The second-order valence-electron chi connectivity index (χ2n) is 4.05. The molecule has 1 aliphatic rings. The van der Waals surface area contributed by atoms with E-state index in [9.17, 15) is 4.79 Å². The Morgan fingerprint density at radius 3 is 2.76 bits per heavy atom. The first-order valence-electron chi connectivity index (χ1n) is 5.52. The third-order valence-corrected chi connectivity index (χ3v) is 3.67. The lowest BCUT2D eigenvalue weighted by atomic mass is 10.2. The van der Waals surface area contributed by atoms with Crippen LogP contribution in [0.4, 0.5) is 5.13 Å². The number of aromatic nitrogens is 1. The summed E-state index contributed by atoms with van der Waals surface area (Å²) in [5.74, 6) is -0.938. The van der Waals surface area contributed by atoms with Crippen LogP contribution in [0.15, 0.2) is 11.6 Å². The van der Waals surface area contributed by atoms with Crippen LogP contribution in [0, 0.1) is 0 Å². The predicted molar refractivity (Wildman–Crippen MR) is 66.4 cm³/mol. The molecule has 2 rings (SSSR count). The molecule has 1 atom stereocenters. The van der Waals surface area contributed by atoms with E-state index in [4.69, 9.17) is 10.8 Å². The molecule has 0 amide bonds. The van der Waals surface area contributed by atoms with Gasteiger partial charge in [0.25, 0.3) is 0 Å². The monoisotopic (exact) mass is 256 g/mol. The van der Waals surface area contributed by atoms with Crippen molar-refractivity contribution in [2.45, 2.75) is 6.04 Å². The zero-order chi connectivity index (χ0) is 12.3. The molecule has 0 aliphatic carbocycles. The summed E-state index contributed by atoms with van der Waals surface area (Å²) >= 11 is 1.63. The first kappa shape index (κ1) is 12.3. The van der Waals surface area contributed by atoms with Gasteiger partial charge >= 0.3 is 5.97 Å². The maximum Gasteiger partial charge on any atom is 0.321 e. The number of carboxylic acid groups (broad SMARTS) is 1. The molecule has 1 unspecified atom stereocenters. The number of hydrogen-bond donors (Lipinski definition) is 2. The number of piperazine rings is 1. The highest BCUT2D eigenvalue weighted by Gasteiger charge is 2.22. The van der Waals surface area contributed by atoms with E-state index < -0.39 is 12.0 Å². The van der Waals surface area contributed by atoms with Crippen molar-refractivity contribution in [1.29, 1.82) is 0 Å². The molecular weight excluding hydrogens is 240 g/mol. The number of thiazole rings is 1. The quantitative estimate of drug-likeness (QED) is 0.768. The van der Waals surface area contributed by atoms with Crippen molar-refractivity contribution in [3.05, 3.63) is 11.6 Å². The molecule has 1 aromatic heterocycles. The van der Waals surface area contributed by atoms with E-state index >= 15 is 0 Å². The van der Waals surface area contributed by atoms with Gasteiger partial charge in [0.2, 0.25) is 0 Å². The number of carbonyl (C=O) groups is 1. The zero-order valence-electron chi connectivity index (χ0n) is 9.45. The summed E-state index contributed by atoms with van der Waals surface area (Å²) in [5.41, 5.74) is 5.51. The molecule has 6 nitrogen and oxygen atoms in total. The second-order valence-corrected chi connectivity index (χ2v) is 4.92. The Morgan fingerprint density at radius 2 is 2.24 bits per heavy atom. The molecule has 0 aromatic carbocycles. The normalized spacial score (nSPS) is 19.2. The number of hydrogen-bond acceptors (Lipinski definition) is 6. The van der Waals surface area contributed by atoms with Gasteiger partial charge in [-0.3, -0.25) is 9.69 Å². The zero-order valence-corrected chi connectivity index (χ0v) is 10.3. The highest BCUT2D eigenvalue weighted by atomic mass is 32.1. The second kappa shape index (κ2) is 5.44. The fourth-order valence-electron chi connectivity index (χ4n) is 1.85. The van der Waals surface area contributed by atoms with Crippen LogP contribution in [0.25, 0.3) is 0 Å². The van der Waals surface area contributed by atoms with Crippen LogP contribution in [-0.4, -0.2) is 59.7 Å². The third kappa shape index (κ3) is 3.15. The third-order valence-electron chi connectivity index (χ3n) is 2.83. The predicted octanol–water partition coefficient (Wildman–Crippen LogP) is -0.323. The van der Waals surface area contributed by atoms with E-state index in [0.29, 0.717) is 6.54 Å². The van der Waals surface area contributed by atoms with Crippen molar-refractivity contribution in [3.8, 4) is 0 Å². The standard InChI is InChI=1S/C10H16N4O2S/c11-8(9(15)16)7-13-2-4-14(5-3-13)10-12-1-6-17-10/h1,6,8H,2-5,7,11H2,(H,15,16). The topological polar surface area (TPSA) is 82.7 Å². The molecule has 0 spiro atoms. The highest BCUT2D eigenvalue weighted by Crippen LogP contribution is 2.18. The molecule has 94 valence electrons. The van der Waals surface area contributed by atoms with E-state index in [1.54, 1.807) is 17.5 Å². The van der Waals surface area contributed by atoms with Crippen molar-refractivity contribution >= 4 is 22.4 Å². The SMILES string of the molecule is NC(CN1CCN(c2nccs2)CC1)C(=O)O. The van der Waals surface area contributed by atoms with Crippen molar-refractivity contribution in [1.82, 2.24) is 9.88 Å². The van der Waals surface area contributed by atoms with E-state index in [2.05, 4.69) is 14.8 Å². The van der Waals surface area contributed by atoms with Gasteiger partial charge in [0.1, 0.15) is 6.04 Å². The Morgan fingerprint density at radius 1 is 1.53 bits per heavy atom. The van der Waals surface area contributed by atoms with Gasteiger partial charge in [-0.15, -0.1) is 11.3 Å². The molecule has 1 saturated heterocycles. The minimum atomic E-state index is -0.938. The van der Waals surface area contributed by atoms with Gasteiger partial charge in [0.15, 0.2) is 5.13 Å². The lowest BCUT2D eigenvalue weighted by Gasteiger charge is -2.35. The maximum atomic E-state index is 10.7. The summed E-state index contributed by atoms with van der Waals surface area (Å²) in [6.07, 6.45) is 1.80. The van der Waals surface area contributed by atoms with Gasteiger partial charge < -0.3 is 15.7 Å². The Bertz CT molecular complexity index is 362. The molecule has 7 heteroatoms. The number of anilines is 1. The van der Waals surface area contributed by atoms with Crippen LogP contribution >= 0.6 is 11.3 Å². The average molecular weight is 256 g/mol. The Hall–Kier alpha value is -1.18. The first-order chi connectivity index (χ1) is 8.16. The van der Waals surface area contributed by atoms with Crippen LogP contribution in [0.5, 0.6) is 0 Å². The van der Waals surface area contributed by atoms with Crippen molar-refractivity contribution in [2.75, 3.05) is 37.6 Å². The molecule has 2 heterocycles. The smallest absolute Gasteiger partial charge is 0.321 e. The minimum Gasteiger partial charge on any atom is -0.480 e. The summed E-state index contributed by atoms with van der Waals surface area (Å²) in [4.78, 5) is 19.2. The van der Waals surface area contributed by atoms with Crippen molar-refractivity contribution in [3.63, 3.8) is 0 Å². The van der Waals surface area contributed by atoms with Crippen LogP contribution in [0.1, 0.15) is 0 Å². The van der Waals surface area contributed by atoms with Gasteiger partial charge in [0, 0.05) is 44.3 Å². The maximum absolute atomic E-state index is 10.7. The van der Waals surface area contributed by atoms with Crippen LogP contribution in [0.3, 0.4) is 0 Å². The molecule has 0 saturated carbocycles. The van der Waals surface area contributed by atoms with Gasteiger partial charge in [-0.2, -0.15) is 0 Å². The fourth-order valence-corrected chi connectivity index (χ4v) is 2.55. The molecule has 0 radical (unpaired) electrons.